The van der Waals surface area contributed by atoms with Crippen LogP contribution in [0, 0.1) is 24.2 Å². The maximum Gasteiger partial charge on any atom is 0.222 e. The highest BCUT2D eigenvalue weighted by molar-refractivity contribution is 7.91. The molecule has 26 heavy (non-hydrogen) atoms. The molecule has 4 rings (SSSR count). The van der Waals surface area contributed by atoms with E-state index in [1.165, 1.54) is 0 Å². The molecule has 0 saturated heterocycles. The molecule has 0 spiro atoms. The first-order valence-corrected chi connectivity index (χ1v) is 9.92. The van der Waals surface area contributed by atoms with E-state index in [4.69, 9.17) is 0 Å². The van der Waals surface area contributed by atoms with Crippen molar-refractivity contribution >= 4 is 20.7 Å². The highest BCUT2D eigenvalue weighted by Gasteiger charge is 2.43. The highest BCUT2D eigenvalue weighted by Crippen LogP contribution is 2.52. The maximum absolute atomic E-state index is 13.3. The Morgan fingerprint density at radius 1 is 1.23 bits per heavy atom. The van der Waals surface area contributed by atoms with E-state index in [9.17, 15) is 18.8 Å². The Morgan fingerprint density at radius 2 is 1.96 bits per heavy atom. The summed E-state index contributed by atoms with van der Waals surface area (Å²) in [5.74, 6) is 0.0459. The summed E-state index contributed by atoms with van der Waals surface area (Å²) < 4.78 is 26.5. The number of nitrogens with zero attached hydrogens (tertiary/aromatic N) is 1. The van der Waals surface area contributed by atoms with Gasteiger partial charge in [0.15, 0.2) is 0 Å². The summed E-state index contributed by atoms with van der Waals surface area (Å²) in [6.07, 6.45) is 0.747. The molecule has 1 saturated carbocycles. The van der Waals surface area contributed by atoms with Gasteiger partial charge in [-0.15, -0.1) is 0 Å². The van der Waals surface area contributed by atoms with Crippen LogP contribution >= 0.6 is 0 Å². The van der Waals surface area contributed by atoms with Gasteiger partial charge in [0.1, 0.15) is 5.03 Å². The van der Waals surface area contributed by atoms with Gasteiger partial charge < -0.3 is 10.1 Å². The fraction of sp³-hybridized carbons (Fsp3) is 0.250. The molecule has 2 aromatic carbocycles. The number of sulfone groups is 1. The van der Waals surface area contributed by atoms with Gasteiger partial charge in [0, 0.05) is 23.1 Å². The number of aryl methyl sites for hydroxylation is 1. The van der Waals surface area contributed by atoms with Crippen molar-refractivity contribution in [3.63, 3.8) is 0 Å². The number of H-pyrrole nitrogens is 1. The van der Waals surface area contributed by atoms with E-state index in [1.54, 1.807) is 42.5 Å². The number of hydrogen-bond donors (Lipinski definition) is 2. The first-order valence-electron chi connectivity index (χ1n) is 8.44. The van der Waals surface area contributed by atoms with Crippen molar-refractivity contribution in [2.75, 3.05) is 6.61 Å². The minimum atomic E-state index is -3.72. The number of nitrogens with one attached hydrogen (secondary N) is 1. The van der Waals surface area contributed by atoms with Gasteiger partial charge in [0.05, 0.1) is 16.5 Å². The van der Waals surface area contributed by atoms with Crippen molar-refractivity contribution in [1.82, 2.24) is 4.98 Å². The topological polar surface area (TPSA) is 94.0 Å². The lowest BCUT2D eigenvalue weighted by molar-refractivity contribution is 0.274. The molecule has 3 aromatic rings. The minimum absolute atomic E-state index is 0.0158. The second kappa shape index (κ2) is 5.97. The lowest BCUT2D eigenvalue weighted by atomic mass is 10.1. The van der Waals surface area contributed by atoms with E-state index in [-0.39, 0.29) is 28.4 Å². The van der Waals surface area contributed by atoms with Crippen LogP contribution in [0.1, 0.15) is 29.0 Å². The van der Waals surface area contributed by atoms with Gasteiger partial charge in [-0.1, -0.05) is 17.7 Å². The summed E-state index contributed by atoms with van der Waals surface area (Å²) in [5, 5.41) is 19.6. The van der Waals surface area contributed by atoms with E-state index in [2.05, 4.69) is 11.1 Å². The number of aromatic nitrogens is 1. The van der Waals surface area contributed by atoms with Crippen molar-refractivity contribution in [3.8, 4) is 6.07 Å². The van der Waals surface area contributed by atoms with E-state index in [0.717, 1.165) is 17.4 Å². The first-order chi connectivity index (χ1) is 12.5. The van der Waals surface area contributed by atoms with Crippen LogP contribution in [0.5, 0.6) is 0 Å². The molecule has 6 heteroatoms. The smallest absolute Gasteiger partial charge is 0.222 e. The van der Waals surface area contributed by atoms with E-state index >= 15 is 0 Å². The lowest BCUT2D eigenvalue weighted by Crippen LogP contribution is -2.05. The molecule has 0 radical (unpaired) electrons. The van der Waals surface area contributed by atoms with E-state index in [1.807, 2.05) is 6.92 Å². The number of fused-ring (bicyclic) bond motifs is 1. The van der Waals surface area contributed by atoms with E-state index < -0.39 is 9.84 Å². The first kappa shape index (κ1) is 16.8. The minimum Gasteiger partial charge on any atom is -0.396 e. The molecule has 1 aromatic heterocycles. The zero-order valence-electron chi connectivity index (χ0n) is 14.2. The Labute approximate surface area is 151 Å². The second-order valence-electron chi connectivity index (χ2n) is 6.84. The van der Waals surface area contributed by atoms with Crippen LogP contribution in [0.4, 0.5) is 0 Å². The molecule has 0 amide bonds. The normalized spacial score (nSPS) is 19.4. The Balaban J connectivity index is 1.96. The zero-order valence-corrected chi connectivity index (χ0v) is 15.0. The molecule has 132 valence electrons. The Hall–Kier alpha value is -2.62. The average molecular weight is 366 g/mol. The molecular weight excluding hydrogens is 348 g/mol. The zero-order chi connectivity index (χ0) is 18.5. The summed E-state index contributed by atoms with van der Waals surface area (Å²) in [5.41, 5.74) is 2.85. The highest BCUT2D eigenvalue weighted by atomic mass is 32.2. The van der Waals surface area contributed by atoms with Crippen LogP contribution < -0.4 is 0 Å². The third kappa shape index (κ3) is 2.61. The van der Waals surface area contributed by atoms with Gasteiger partial charge in [0.25, 0.3) is 0 Å². The van der Waals surface area contributed by atoms with Crippen LogP contribution in [-0.2, 0) is 9.84 Å². The third-order valence-electron chi connectivity index (χ3n) is 5.06. The van der Waals surface area contributed by atoms with Crippen molar-refractivity contribution in [1.29, 1.82) is 5.26 Å². The van der Waals surface area contributed by atoms with E-state index in [0.29, 0.717) is 16.6 Å². The van der Waals surface area contributed by atoms with Crippen molar-refractivity contribution < 1.29 is 13.5 Å². The molecule has 2 N–H and O–H groups in total. The van der Waals surface area contributed by atoms with Gasteiger partial charge >= 0.3 is 0 Å². The number of aliphatic hydroxyl groups is 1. The number of hydrogen-bond acceptors (Lipinski definition) is 4. The quantitative estimate of drug-likeness (QED) is 0.741. The average Bonchev–Trinajstić information content (AvgIpc) is 3.32. The van der Waals surface area contributed by atoms with Crippen LogP contribution in [0.3, 0.4) is 0 Å². The number of rotatable bonds is 4. The van der Waals surface area contributed by atoms with Crippen molar-refractivity contribution in [2.24, 2.45) is 5.92 Å². The number of benzene rings is 2. The number of aliphatic hydroxyl groups excluding tert-OH is 1. The summed E-state index contributed by atoms with van der Waals surface area (Å²) in [7, 11) is -3.72. The van der Waals surface area contributed by atoms with Gasteiger partial charge in [-0.3, -0.25) is 0 Å². The maximum atomic E-state index is 13.3. The van der Waals surface area contributed by atoms with Crippen LogP contribution in [0.15, 0.2) is 52.4 Å². The van der Waals surface area contributed by atoms with Crippen molar-refractivity contribution in [2.45, 2.75) is 29.2 Å². The standard InChI is InChI=1S/C20H18N2O3S/c1-12-2-5-15(6-3-12)26(24,25)20-19(16-9-14(16)11-23)17-8-13(10-21)4-7-18(17)22-20/h2-8,14,16,22-23H,9,11H2,1H3/t14-,16-/m0/s1. The molecule has 0 bridgehead atoms. The fourth-order valence-electron chi connectivity index (χ4n) is 3.48. The Bertz CT molecular complexity index is 1140. The summed E-state index contributed by atoms with van der Waals surface area (Å²) in [6, 6.07) is 14.0. The molecule has 1 aliphatic carbocycles. The van der Waals surface area contributed by atoms with Gasteiger partial charge in [0.2, 0.25) is 9.84 Å². The van der Waals surface area contributed by atoms with Crippen LogP contribution in [0.25, 0.3) is 10.9 Å². The second-order valence-corrected chi connectivity index (χ2v) is 8.73. The number of aromatic amines is 1. The molecule has 5 nitrogen and oxygen atoms in total. The van der Waals surface area contributed by atoms with Crippen LogP contribution in [-0.4, -0.2) is 25.1 Å². The van der Waals surface area contributed by atoms with Crippen LogP contribution in [0.2, 0.25) is 0 Å². The SMILES string of the molecule is Cc1ccc(S(=O)(=O)c2[nH]c3ccc(C#N)cc3c2[C@H]2C[C@H]2CO)cc1. The fourth-order valence-corrected chi connectivity index (χ4v) is 5.00. The molecule has 1 heterocycles. The molecule has 0 aliphatic heterocycles. The van der Waals surface area contributed by atoms with Crippen molar-refractivity contribution in [3.05, 3.63) is 59.2 Å². The largest absolute Gasteiger partial charge is 0.396 e. The monoisotopic (exact) mass is 366 g/mol. The van der Waals surface area contributed by atoms with Gasteiger partial charge in [-0.2, -0.15) is 5.26 Å². The summed E-state index contributed by atoms with van der Waals surface area (Å²) >= 11 is 0. The molecule has 1 fully saturated rings. The van der Waals surface area contributed by atoms with Gasteiger partial charge in [-0.25, -0.2) is 8.42 Å². The Morgan fingerprint density at radius 3 is 2.58 bits per heavy atom. The third-order valence-corrected chi connectivity index (χ3v) is 6.81. The van der Waals surface area contributed by atoms with Gasteiger partial charge in [-0.05, 0) is 55.5 Å². The molecular formula is C20H18N2O3S. The molecule has 2 atom stereocenters. The summed E-state index contributed by atoms with van der Waals surface area (Å²) in [6.45, 7) is 1.93. The number of nitriles is 1. The summed E-state index contributed by atoms with van der Waals surface area (Å²) in [4.78, 5) is 3.29. The molecule has 1 aliphatic rings. The Kier molecular flexibility index (Phi) is 3.87. The predicted octanol–water partition coefficient (Wildman–Crippen LogP) is 3.28. The molecule has 0 unspecified atom stereocenters. The predicted molar refractivity (Wildman–Crippen MR) is 97.6 cm³/mol. The lowest BCUT2D eigenvalue weighted by Gasteiger charge is -2.07.